The lowest BCUT2D eigenvalue weighted by molar-refractivity contribution is 0.0921. The molecule has 0 radical (unpaired) electrons. The average Bonchev–Trinajstić information content (AvgIpc) is 2.66. The van der Waals surface area contributed by atoms with Gasteiger partial charge in [0, 0.05) is 25.1 Å². The number of Topliss-reactive ketones (excluding diaryl/α,β-unsaturated/α-hetero) is 1. The molecule has 0 amide bonds. The van der Waals surface area contributed by atoms with Crippen molar-refractivity contribution in [1.82, 2.24) is 4.57 Å². The van der Waals surface area contributed by atoms with E-state index in [1.54, 1.807) is 25.2 Å². The van der Waals surface area contributed by atoms with Crippen molar-refractivity contribution in [1.29, 1.82) is 0 Å². The number of carbonyl (C=O) groups excluding carboxylic acids is 1. The molecule has 5 nitrogen and oxygen atoms in total. The van der Waals surface area contributed by atoms with Crippen LogP contribution < -0.4 is 11.5 Å². The number of nitrogens with two attached hydrogens (primary N) is 1. The Hall–Kier alpha value is -1.88. The number of carbonyl (C=O) groups is 1. The molecule has 1 heterocycles. The predicted octanol–water partition coefficient (Wildman–Crippen LogP) is 1.30. The number of hydrogen-bond acceptors (Lipinski definition) is 4. The Morgan fingerprint density at radius 2 is 2.22 bits per heavy atom. The second-order valence-corrected chi connectivity index (χ2v) is 4.31. The number of aryl methyl sites for hydroxylation is 1. The van der Waals surface area contributed by atoms with Gasteiger partial charge in [-0.05, 0) is 24.6 Å². The molecule has 96 valence electrons. The van der Waals surface area contributed by atoms with Crippen molar-refractivity contribution in [2.45, 2.75) is 13.3 Å². The maximum absolute atomic E-state index is 12.2. The molecular formula is C13H16N2O3. The summed E-state index contributed by atoms with van der Waals surface area (Å²) in [4.78, 5) is 23.5. The second kappa shape index (κ2) is 4.78. The number of benzene rings is 1. The lowest BCUT2D eigenvalue weighted by atomic mass is 9.95. The fourth-order valence-electron chi connectivity index (χ4n) is 1.97. The maximum atomic E-state index is 12.2. The zero-order chi connectivity index (χ0) is 13.3. The van der Waals surface area contributed by atoms with Gasteiger partial charge in [0.05, 0.1) is 5.52 Å². The third-order valence-corrected chi connectivity index (χ3v) is 3.22. The molecule has 0 aliphatic rings. The Morgan fingerprint density at radius 3 is 2.83 bits per heavy atom. The van der Waals surface area contributed by atoms with Crippen LogP contribution in [-0.4, -0.2) is 16.9 Å². The summed E-state index contributed by atoms with van der Waals surface area (Å²) in [7, 11) is 1.61. The van der Waals surface area contributed by atoms with E-state index in [4.69, 9.17) is 10.2 Å². The van der Waals surface area contributed by atoms with E-state index in [1.807, 2.05) is 6.92 Å². The van der Waals surface area contributed by atoms with Crippen LogP contribution in [0.2, 0.25) is 0 Å². The van der Waals surface area contributed by atoms with Crippen molar-refractivity contribution in [2.24, 2.45) is 18.7 Å². The summed E-state index contributed by atoms with van der Waals surface area (Å²) in [6.45, 7) is 2.26. The fourth-order valence-corrected chi connectivity index (χ4v) is 1.97. The first-order chi connectivity index (χ1) is 8.58. The van der Waals surface area contributed by atoms with Gasteiger partial charge >= 0.3 is 5.76 Å². The van der Waals surface area contributed by atoms with Gasteiger partial charge in [-0.2, -0.15) is 0 Å². The molecule has 0 aliphatic heterocycles. The summed E-state index contributed by atoms with van der Waals surface area (Å²) in [5, 5.41) is 0. The predicted molar refractivity (Wildman–Crippen MR) is 68.6 cm³/mol. The van der Waals surface area contributed by atoms with Crippen LogP contribution in [-0.2, 0) is 7.05 Å². The van der Waals surface area contributed by atoms with E-state index < -0.39 is 5.76 Å². The molecule has 0 saturated carbocycles. The Morgan fingerprint density at radius 1 is 1.50 bits per heavy atom. The van der Waals surface area contributed by atoms with E-state index in [1.165, 1.54) is 4.57 Å². The molecule has 1 aromatic carbocycles. The maximum Gasteiger partial charge on any atom is 0.419 e. The number of nitrogens with zero attached hydrogens (tertiary/aromatic N) is 1. The molecule has 0 aliphatic carbocycles. The Balaban J connectivity index is 2.50. The van der Waals surface area contributed by atoms with E-state index in [2.05, 4.69) is 0 Å². The Bertz CT molecular complexity index is 635. The third-order valence-electron chi connectivity index (χ3n) is 3.22. The molecule has 2 rings (SSSR count). The van der Waals surface area contributed by atoms with Crippen LogP contribution in [0.1, 0.15) is 23.7 Å². The van der Waals surface area contributed by atoms with Gasteiger partial charge in [-0.15, -0.1) is 0 Å². The number of aromatic nitrogens is 1. The molecule has 0 bridgehead atoms. The van der Waals surface area contributed by atoms with Crippen molar-refractivity contribution >= 4 is 16.9 Å². The summed E-state index contributed by atoms with van der Waals surface area (Å²) in [6, 6.07) is 5.00. The molecule has 5 heteroatoms. The number of fused-ring (bicyclic) bond motifs is 1. The van der Waals surface area contributed by atoms with Crippen molar-refractivity contribution < 1.29 is 9.21 Å². The molecule has 1 atom stereocenters. The fraction of sp³-hybridized carbons (Fsp3) is 0.385. The minimum Gasteiger partial charge on any atom is -0.408 e. The van der Waals surface area contributed by atoms with E-state index in [0.717, 1.165) is 0 Å². The van der Waals surface area contributed by atoms with Crippen LogP contribution in [0.3, 0.4) is 0 Å². The van der Waals surface area contributed by atoms with Crippen molar-refractivity contribution in [3.8, 4) is 0 Å². The molecule has 1 aromatic heterocycles. The summed E-state index contributed by atoms with van der Waals surface area (Å²) < 4.78 is 6.40. The molecule has 1 unspecified atom stereocenters. The quantitative estimate of drug-likeness (QED) is 0.827. The summed E-state index contributed by atoms with van der Waals surface area (Å²) in [5.41, 5.74) is 7.25. The standard InChI is InChI=1S/C13H16N2O3/c1-3-8(7-14)12(16)9-4-5-11-10(6-9)15(2)13(17)18-11/h4-6,8H,3,7,14H2,1-2H3. The highest BCUT2D eigenvalue weighted by Crippen LogP contribution is 2.18. The highest BCUT2D eigenvalue weighted by molar-refractivity contribution is 6.00. The Labute approximate surface area is 104 Å². The molecule has 0 spiro atoms. The summed E-state index contributed by atoms with van der Waals surface area (Å²) in [5.74, 6) is -0.595. The van der Waals surface area contributed by atoms with E-state index in [0.29, 0.717) is 29.6 Å². The topological polar surface area (TPSA) is 78.2 Å². The third kappa shape index (κ3) is 1.97. The highest BCUT2D eigenvalue weighted by Gasteiger charge is 2.18. The first kappa shape index (κ1) is 12.6. The normalized spacial score (nSPS) is 12.8. The lowest BCUT2D eigenvalue weighted by Crippen LogP contribution is -2.23. The van der Waals surface area contributed by atoms with Gasteiger partial charge in [0.1, 0.15) is 0 Å². The van der Waals surface area contributed by atoms with Gasteiger partial charge in [0.15, 0.2) is 11.4 Å². The smallest absolute Gasteiger partial charge is 0.408 e. The molecule has 0 saturated heterocycles. The largest absolute Gasteiger partial charge is 0.419 e. The molecule has 18 heavy (non-hydrogen) atoms. The van der Waals surface area contributed by atoms with Crippen LogP contribution in [0, 0.1) is 5.92 Å². The molecule has 2 aromatic rings. The minimum atomic E-state index is -0.430. The van der Waals surface area contributed by atoms with Crippen LogP contribution >= 0.6 is 0 Å². The van der Waals surface area contributed by atoms with Crippen LogP contribution in [0.5, 0.6) is 0 Å². The number of ketones is 1. The van der Waals surface area contributed by atoms with Gasteiger partial charge in [0.25, 0.3) is 0 Å². The SMILES string of the molecule is CCC(CN)C(=O)c1ccc2oc(=O)n(C)c2c1. The first-order valence-electron chi connectivity index (χ1n) is 5.92. The molecule has 0 fully saturated rings. The zero-order valence-corrected chi connectivity index (χ0v) is 10.5. The van der Waals surface area contributed by atoms with Gasteiger partial charge in [-0.3, -0.25) is 9.36 Å². The lowest BCUT2D eigenvalue weighted by Gasteiger charge is -2.10. The van der Waals surface area contributed by atoms with Crippen molar-refractivity contribution in [3.63, 3.8) is 0 Å². The van der Waals surface area contributed by atoms with Gasteiger partial charge in [-0.25, -0.2) is 4.79 Å². The van der Waals surface area contributed by atoms with E-state index in [-0.39, 0.29) is 11.7 Å². The van der Waals surface area contributed by atoms with Crippen LogP contribution in [0.4, 0.5) is 0 Å². The second-order valence-electron chi connectivity index (χ2n) is 4.31. The molecular weight excluding hydrogens is 232 g/mol. The minimum absolute atomic E-state index is 0.00977. The van der Waals surface area contributed by atoms with E-state index >= 15 is 0 Å². The summed E-state index contributed by atoms with van der Waals surface area (Å²) >= 11 is 0. The first-order valence-corrected chi connectivity index (χ1v) is 5.92. The van der Waals surface area contributed by atoms with Crippen LogP contribution in [0.25, 0.3) is 11.1 Å². The van der Waals surface area contributed by atoms with Crippen molar-refractivity contribution in [2.75, 3.05) is 6.54 Å². The monoisotopic (exact) mass is 248 g/mol. The number of hydrogen-bond donors (Lipinski definition) is 1. The van der Waals surface area contributed by atoms with Gasteiger partial charge in [-0.1, -0.05) is 6.92 Å². The summed E-state index contributed by atoms with van der Waals surface area (Å²) in [6.07, 6.45) is 0.706. The highest BCUT2D eigenvalue weighted by atomic mass is 16.4. The molecule has 2 N–H and O–H groups in total. The Kier molecular flexibility index (Phi) is 3.34. The average molecular weight is 248 g/mol. The zero-order valence-electron chi connectivity index (χ0n) is 10.5. The number of oxazole rings is 1. The number of rotatable bonds is 4. The van der Waals surface area contributed by atoms with Crippen LogP contribution in [0.15, 0.2) is 27.4 Å². The van der Waals surface area contributed by atoms with Gasteiger partial charge < -0.3 is 10.2 Å². The van der Waals surface area contributed by atoms with Crippen molar-refractivity contribution in [3.05, 3.63) is 34.3 Å². The van der Waals surface area contributed by atoms with Gasteiger partial charge in [0.2, 0.25) is 0 Å². The van der Waals surface area contributed by atoms with E-state index in [9.17, 15) is 9.59 Å².